The maximum atomic E-state index is 2.39. The molecule has 1 aliphatic carbocycles. The molecule has 0 nitrogen and oxygen atoms in total. The minimum absolute atomic E-state index is 0.500. The Labute approximate surface area is 186 Å². The molecule has 4 unspecified atom stereocenters. The Morgan fingerprint density at radius 1 is 0.704 bits per heavy atom. The van der Waals surface area contributed by atoms with Gasteiger partial charge in [0.05, 0.1) is 0 Å². The molecule has 0 saturated heterocycles. The summed E-state index contributed by atoms with van der Waals surface area (Å²) >= 11 is 0.500. The van der Waals surface area contributed by atoms with E-state index in [4.69, 9.17) is 0 Å². The summed E-state index contributed by atoms with van der Waals surface area (Å²) in [5.41, 5.74) is 2.90. The first kappa shape index (κ1) is 28.6. The Hall–Kier alpha value is 1.57. The van der Waals surface area contributed by atoms with Gasteiger partial charge in [0.2, 0.25) is 0 Å². The van der Waals surface area contributed by atoms with E-state index in [0.29, 0.717) is 19.2 Å². The Kier molecular flexibility index (Phi) is 20.7. The third kappa shape index (κ3) is 14.3. The predicted molar refractivity (Wildman–Crippen MR) is 131 cm³/mol. The van der Waals surface area contributed by atoms with E-state index in [9.17, 15) is 0 Å². The summed E-state index contributed by atoms with van der Waals surface area (Å²) in [6.07, 6.45) is 22.3. The van der Waals surface area contributed by atoms with E-state index in [1.165, 1.54) is 93.7 Å². The molecule has 0 heterocycles. The van der Waals surface area contributed by atoms with Gasteiger partial charge in [-0.2, -0.15) is 0 Å². The first-order valence-electron chi connectivity index (χ1n) is 12.2. The van der Waals surface area contributed by atoms with Gasteiger partial charge in [-0.15, -0.1) is 17.2 Å². The van der Waals surface area contributed by atoms with Gasteiger partial charge in [-0.05, 0) is 74.0 Å². The predicted octanol–water partition coefficient (Wildman–Crippen LogP) is 9.40. The van der Waals surface area contributed by atoms with E-state index in [1.807, 2.05) is 0 Å². The van der Waals surface area contributed by atoms with Gasteiger partial charge in [0, 0.05) is 0 Å². The van der Waals surface area contributed by atoms with Gasteiger partial charge in [0.15, 0.2) is 0 Å². The quantitative estimate of drug-likeness (QED) is 0.140. The summed E-state index contributed by atoms with van der Waals surface area (Å²) in [4.78, 5) is 0. The molecule has 0 amide bonds. The van der Waals surface area contributed by atoms with Crippen LogP contribution in [0.2, 0.25) is 10.5 Å². The molecule has 0 bridgehead atoms. The van der Waals surface area contributed by atoms with E-state index in [2.05, 4.69) is 38.2 Å². The van der Waals surface area contributed by atoms with Crippen molar-refractivity contribution in [1.29, 1.82) is 0 Å². The standard InChI is InChI=1S/C22H46P2.2CH3.Ti/c1-5-9-13-22(14-10-6-2)18-20(23-15-11-7-3)17-21(19-22)24-16-12-8-4;;;/h20-21,23-24H,5-19H2,1-4H3;2*1H3;. The van der Waals surface area contributed by atoms with Crippen molar-refractivity contribution >= 4 is 17.2 Å². The molecule has 1 aliphatic rings. The molecule has 1 rings (SSSR count). The van der Waals surface area contributed by atoms with Crippen LogP contribution < -0.4 is 0 Å². The molecule has 1 saturated carbocycles. The average Bonchev–Trinajstić information content (AvgIpc) is 2.66. The van der Waals surface area contributed by atoms with Crippen LogP contribution in [0.25, 0.3) is 0 Å². The van der Waals surface area contributed by atoms with Crippen LogP contribution in [0.1, 0.15) is 111 Å². The Morgan fingerprint density at radius 2 is 1.07 bits per heavy atom. The normalized spacial score (nSPS) is 22.3. The summed E-state index contributed by atoms with van der Waals surface area (Å²) in [5.74, 6) is 0. The summed E-state index contributed by atoms with van der Waals surface area (Å²) in [6, 6.07) is 0. The molecular weight excluding hydrogens is 398 g/mol. The van der Waals surface area contributed by atoms with Crippen LogP contribution in [0.3, 0.4) is 0 Å². The molecular formula is C24H52P2Ti. The molecule has 3 heteroatoms. The van der Waals surface area contributed by atoms with Gasteiger partial charge in [0.25, 0.3) is 0 Å². The van der Waals surface area contributed by atoms with Crippen LogP contribution in [-0.4, -0.2) is 23.6 Å². The fourth-order valence-electron chi connectivity index (χ4n) is 4.55. The van der Waals surface area contributed by atoms with Crippen LogP contribution in [0.5, 0.6) is 0 Å². The van der Waals surface area contributed by atoms with Crippen LogP contribution in [-0.2, 0) is 19.2 Å². The molecule has 0 N–H and O–H groups in total. The number of hydrogen-bond acceptors (Lipinski definition) is 0. The summed E-state index contributed by atoms with van der Waals surface area (Å²) in [7, 11) is 2.52. The molecule has 0 aromatic rings. The third-order valence-corrected chi connectivity index (χ3v) is 9.29. The first-order valence-corrected chi connectivity index (χ1v) is 17.9. The Morgan fingerprint density at radius 3 is 1.41 bits per heavy atom. The molecule has 0 aliphatic heterocycles. The zero-order valence-electron chi connectivity index (χ0n) is 19.8. The van der Waals surface area contributed by atoms with Gasteiger partial charge in [-0.25, -0.2) is 0 Å². The second-order valence-corrected chi connectivity index (χ2v) is 13.9. The maximum absolute atomic E-state index is 2.39. The van der Waals surface area contributed by atoms with E-state index in [0.717, 1.165) is 16.7 Å². The number of unbranched alkanes of at least 4 members (excludes halogenated alkanes) is 4. The van der Waals surface area contributed by atoms with Crippen molar-refractivity contribution in [1.82, 2.24) is 0 Å². The third-order valence-electron chi connectivity index (χ3n) is 5.98. The van der Waals surface area contributed by atoms with Gasteiger partial charge in [0.1, 0.15) is 0 Å². The van der Waals surface area contributed by atoms with Crippen LogP contribution in [0.15, 0.2) is 0 Å². The van der Waals surface area contributed by atoms with Gasteiger partial charge in [-0.1, -0.05) is 66.2 Å². The zero-order valence-corrected chi connectivity index (χ0v) is 23.3. The van der Waals surface area contributed by atoms with Crippen molar-refractivity contribution in [2.24, 2.45) is 5.41 Å². The molecule has 0 spiro atoms. The van der Waals surface area contributed by atoms with Crippen molar-refractivity contribution in [3.8, 4) is 0 Å². The number of hydrogen-bond donors (Lipinski definition) is 0. The summed E-state index contributed by atoms with van der Waals surface area (Å²) in [5, 5.41) is 4.50. The monoisotopic (exact) mass is 450 g/mol. The summed E-state index contributed by atoms with van der Waals surface area (Å²) < 4.78 is 0. The van der Waals surface area contributed by atoms with Gasteiger partial charge in [-0.3, -0.25) is 0 Å². The second kappa shape index (κ2) is 19.5. The van der Waals surface area contributed by atoms with Gasteiger partial charge >= 0.3 is 29.6 Å². The van der Waals surface area contributed by atoms with E-state index in [1.54, 1.807) is 19.3 Å². The van der Waals surface area contributed by atoms with Crippen LogP contribution in [0, 0.1) is 5.41 Å². The molecule has 1 fully saturated rings. The van der Waals surface area contributed by atoms with Crippen LogP contribution >= 0.6 is 17.2 Å². The molecule has 162 valence electrons. The molecule has 27 heavy (non-hydrogen) atoms. The van der Waals surface area contributed by atoms with Crippen LogP contribution in [0.4, 0.5) is 0 Å². The van der Waals surface area contributed by atoms with Crippen molar-refractivity contribution < 1.29 is 19.2 Å². The molecule has 4 atom stereocenters. The average molecular weight is 450 g/mol. The van der Waals surface area contributed by atoms with E-state index >= 15 is 0 Å². The minimum atomic E-state index is 0.500. The fraction of sp³-hybridized carbons (Fsp3) is 1.00. The van der Waals surface area contributed by atoms with Crippen molar-refractivity contribution in [3.05, 3.63) is 0 Å². The second-order valence-electron chi connectivity index (χ2n) is 8.86. The zero-order chi connectivity index (χ0) is 20.4. The Bertz CT molecular complexity index is 281. The topological polar surface area (TPSA) is 0 Å². The SMILES string of the molecule is CCCCPC1CC(PCCCC)CC(CCCC)(CCCC)C1.[CH3][Ti][CH3]. The molecule has 0 radical (unpaired) electrons. The van der Waals surface area contributed by atoms with Crippen molar-refractivity contribution in [2.75, 3.05) is 12.3 Å². The number of rotatable bonds is 14. The molecule has 0 aromatic carbocycles. The van der Waals surface area contributed by atoms with Gasteiger partial charge < -0.3 is 0 Å². The summed E-state index contributed by atoms with van der Waals surface area (Å²) in [6.45, 7) is 9.48. The van der Waals surface area contributed by atoms with E-state index < -0.39 is 0 Å². The Balaban J connectivity index is 0.00000210. The fourth-order valence-corrected chi connectivity index (χ4v) is 8.78. The van der Waals surface area contributed by atoms with Crippen molar-refractivity contribution in [2.45, 2.75) is 133 Å². The van der Waals surface area contributed by atoms with Crippen molar-refractivity contribution in [3.63, 3.8) is 0 Å². The van der Waals surface area contributed by atoms with E-state index in [-0.39, 0.29) is 0 Å². The molecule has 0 aromatic heterocycles. The first-order chi connectivity index (χ1) is 13.1.